The SMILES string of the molecule is OCC1NNC(=S)N1. The van der Waals surface area contributed by atoms with Crippen molar-refractivity contribution in [1.82, 2.24) is 16.2 Å². The van der Waals surface area contributed by atoms with Crippen LogP contribution in [0.1, 0.15) is 0 Å². The van der Waals surface area contributed by atoms with Crippen molar-refractivity contribution in [2.24, 2.45) is 0 Å². The highest BCUT2D eigenvalue weighted by atomic mass is 32.1. The second-order valence-corrected chi connectivity index (χ2v) is 1.89. The Morgan fingerprint density at radius 3 is 2.75 bits per heavy atom. The first kappa shape index (κ1) is 5.74. The number of hydrogen-bond donors (Lipinski definition) is 4. The zero-order valence-corrected chi connectivity index (χ0v) is 4.96. The van der Waals surface area contributed by atoms with Crippen LogP contribution >= 0.6 is 12.2 Å². The number of hydrogen-bond acceptors (Lipinski definition) is 3. The molecule has 5 heteroatoms. The number of aliphatic hydroxyl groups is 1. The molecule has 0 radical (unpaired) electrons. The molecule has 4 nitrogen and oxygen atoms in total. The molecule has 4 N–H and O–H groups in total. The molecule has 1 aliphatic rings. The van der Waals surface area contributed by atoms with Crippen molar-refractivity contribution in [3.8, 4) is 0 Å². The van der Waals surface area contributed by atoms with Gasteiger partial charge in [-0.3, -0.25) is 5.43 Å². The molecule has 1 atom stereocenters. The number of hydrazine groups is 1. The molecular weight excluding hydrogens is 126 g/mol. The van der Waals surface area contributed by atoms with Crippen LogP contribution in [-0.4, -0.2) is 23.0 Å². The molecule has 46 valence electrons. The van der Waals surface area contributed by atoms with E-state index in [1.54, 1.807) is 0 Å². The lowest BCUT2D eigenvalue weighted by atomic mass is 10.6. The smallest absolute Gasteiger partial charge is 0.182 e. The average molecular weight is 133 g/mol. The van der Waals surface area contributed by atoms with Gasteiger partial charge in [-0.05, 0) is 12.2 Å². The lowest BCUT2D eigenvalue weighted by Gasteiger charge is -2.01. The second kappa shape index (κ2) is 2.25. The van der Waals surface area contributed by atoms with Crippen LogP contribution in [-0.2, 0) is 0 Å². The second-order valence-electron chi connectivity index (χ2n) is 1.48. The van der Waals surface area contributed by atoms with Gasteiger partial charge in [0.25, 0.3) is 0 Å². The van der Waals surface area contributed by atoms with Gasteiger partial charge in [0.1, 0.15) is 6.17 Å². The summed E-state index contributed by atoms with van der Waals surface area (Å²) in [5.41, 5.74) is 5.33. The van der Waals surface area contributed by atoms with Crippen molar-refractivity contribution in [3.05, 3.63) is 0 Å². The maximum atomic E-state index is 8.46. The molecular formula is C3H7N3OS. The summed E-state index contributed by atoms with van der Waals surface area (Å²) in [6.45, 7) is 0.0349. The molecule has 0 spiro atoms. The van der Waals surface area contributed by atoms with Gasteiger partial charge < -0.3 is 10.4 Å². The number of thiocarbonyl (C=S) groups is 1. The third-order valence-corrected chi connectivity index (χ3v) is 1.07. The van der Waals surface area contributed by atoms with Crippen LogP contribution < -0.4 is 16.2 Å². The molecule has 1 fully saturated rings. The van der Waals surface area contributed by atoms with E-state index in [0.29, 0.717) is 5.11 Å². The third-order valence-electron chi connectivity index (χ3n) is 0.848. The van der Waals surface area contributed by atoms with Crippen LogP contribution in [0, 0.1) is 0 Å². The Morgan fingerprint density at radius 1 is 1.75 bits per heavy atom. The molecule has 1 heterocycles. The fourth-order valence-electron chi connectivity index (χ4n) is 0.474. The minimum atomic E-state index is -0.123. The Bertz CT molecular complexity index is 107. The van der Waals surface area contributed by atoms with Gasteiger partial charge in [-0.25, -0.2) is 5.43 Å². The highest BCUT2D eigenvalue weighted by Gasteiger charge is 2.13. The van der Waals surface area contributed by atoms with Gasteiger partial charge in [0, 0.05) is 0 Å². The van der Waals surface area contributed by atoms with Crippen molar-refractivity contribution >= 4 is 17.3 Å². The molecule has 1 rings (SSSR count). The van der Waals surface area contributed by atoms with E-state index in [-0.39, 0.29) is 12.8 Å². The summed E-state index contributed by atoms with van der Waals surface area (Å²) in [6.07, 6.45) is -0.123. The Balaban J connectivity index is 2.32. The van der Waals surface area contributed by atoms with E-state index < -0.39 is 0 Å². The molecule has 0 aromatic carbocycles. The monoisotopic (exact) mass is 133 g/mol. The van der Waals surface area contributed by atoms with Crippen molar-refractivity contribution in [2.45, 2.75) is 6.17 Å². The van der Waals surface area contributed by atoms with E-state index in [0.717, 1.165) is 0 Å². The van der Waals surface area contributed by atoms with Gasteiger partial charge in [-0.1, -0.05) is 0 Å². The molecule has 1 saturated heterocycles. The van der Waals surface area contributed by atoms with Crippen LogP contribution in [0.4, 0.5) is 0 Å². The van der Waals surface area contributed by atoms with Gasteiger partial charge in [-0.15, -0.1) is 0 Å². The third kappa shape index (κ3) is 1.06. The molecule has 0 aliphatic carbocycles. The van der Waals surface area contributed by atoms with Gasteiger partial charge >= 0.3 is 0 Å². The first-order valence-corrected chi connectivity index (χ1v) is 2.66. The molecule has 0 amide bonds. The predicted molar refractivity (Wildman–Crippen MR) is 32.9 cm³/mol. The molecule has 1 unspecified atom stereocenters. The molecule has 0 aromatic heterocycles. The number of aliphatic hydroxyl groups excluding tert-OH is 1. The molecule has 0 bridgehead atoms. The predicted octanol–water partition coefficient (Wildman–Crippen LogP) is -1.71. The van der Waals surface area contributed by atoms with Crippen LogP contribution in [0.5, 0.6) is 0 Å². The highest BCUT2D eigenvalue weighted by Crippen LogP contribution is 1.80. The van der Waals surface area contributed by atoms with Crippen LogP contribution in [0.25, 0.3) is 0 Å². The summed E-state index contributed by atoms with van der Waals surface area (Å²) in [6, 6.07) is 0. The molecule has 0 saturated carbocycles. The Morgan fingerprint density at radius 2 is 2.50 bits per heavy atom. The van der Waals surface area contributed by atoms with E-state index >= 15 is 0 Å². The molecule has 1 aliphatic heterocycles. The maximum Gasteiger partial charge on any atom is 0.182 e. The average Bonchev–Trinajstić information content (AvgIpc) is 2.14. The largest absolute Gasteiger partial charge is 0.393 e. The van der Waals surface area contributed by atoms with Crippen molar-refractivity contribution in [3.63, 3.8) is 0 Å². The standard InChI is InChI=1S/C3H7N3OS/c7-1-2-4-3(8)6-5-2/h2,5,7H,1H2,(H2,4,6,8). The molecule has 8 heavy (non-hydrogen) atoms. The first-order valence-electron chi connectivity index (χ1n) is 2.26. The Kier molecular flexibility index (Phi) is 1.62. The highest BCUT2D eigenvalue weighted by molar-refractivity contribution is 7.80. The van der Waals surface area contributed by atoms with Crippen LogP contribution in [0.15, 0.2) is 0 Å². The quantitative estimate of drug-likeness (QED) is 0.321. The zero-order valence-electron chi connectivity index (χ0n) is 4.14. The first-order chi connectivity index (χ1) is 3.83. The summed E-state index contributed by atoms with van der Waals surface area (Å²) < 4.78 is 0. The van der Waals surface area contributed by atoms with Gasteiger partial charge in [-0.2, -0.15) is 0 Å². The minimum Gasteiger partial charge on any atom is -0.393 e. The van der Waals surface area contributed by atoms with Crippen LogP contribution in [0.2, 0.25) is 0 Å². The van der Waals surface area contributed by atoms with Gasteiger partial charge in [0.2, 0.25) is 0 Å². The summed E-state index contributed by atoms with van der Waals surface area (Å²) in [7, 11) is 0. The fraction of sp³-hybridized carbons (Fsp3) is 0.667. The van der Waals surface area contributed by atoms with Gasteiger partial charge in [0.05, 0.1) is 6.61 Å². The normalized spacial score (nSPS) is 27.1. The zero-order chi connectivity index (χ0) is 5.98. The number of nitrogens with one attached hydrogen (secondary N) is 3. The lowest BCUT2D eigenvalue weighted by molar-refractivity contribution is 0.242. The van der Waals surface area contributed by atoms with E-state index in [9.17, 15) is 0 Å². The topological polar surface area (TPSA) is 56.3 Å². The Labute approximate surface area is 52.2 Å². The Hall–Kier alpha value is -0.390. The lowest BCUT2D eigenvalue weighted by Crippen LogP contribution is -2.36. The van der Waals surface area contributed by atoms with E-state index in [1.807, 2.05) is 0 Å². The maximum absolute atomic E-state index is 8.46. The fourth-order valence-corrected chi connectivity index (χ4v) is 0.676. The van der Waals surface area contributed by atoms with Crippen molar-refractivity contribution in [1.29, 1.82) is 0 Å². The summed E-state index contributed by atoms with van der Waals surface area (Å²) in [5.74, 6) is 0. The number of rotatable bonds is 1. The minimum absolute atomic E-state index is 0.0349. The van der Waals surface area contributed by atoms with E-state index in [1.165, 1.54) is 0 Å². The van der Waals surface area contributed by atoms with Crippen molar-refractivity contribution in [2.75, 3.05) is 6.61 Å². The summed E-state index contributed by atoms with van der Waals surface area (Å²) >= 11 is 4.67. The summed E-state index contributed by atoms with van der Waals surface area (Å²) in [4.78, 5) is 0. The van der Waals surface area contributed by atoms with Crippen molar-refractivity contribution < 1.29 is 5.11 Å². The van der Waals surface area contributed by atoms with E-state index in [4.69, 9.17) is 5.11 Å². The molecule has 0 aromatic rings. The van der Waals surface area contributed by atoms with Crippen LogP contribution in [0.3, 0.4) is 0 Å². The van der Waals surface area contributed by atoms with E-state index in [2.05, 4.69) is 28.4 Å². The summed E-state index contributed by atoms with van der Waals surface area (Å²) in [5, 5.41) is 11.8. The van der Waals surface area contributed by atoms with Gasteiger partial charge in [0.15, 0.2) is 5.11 Å².